The summed E-state index contributed by atoms with van der Waals surface area (Å²) in [6.45, 7) is 2.58. The summed E-state index contributed by atoms with van der Waals surface area (Å²) in [5.41, 5.74) is 0.524. The van der Waals surface area contributed by atoms with Crippen LogP contribution in [0.1, 0.15) is 44.6 Å². The number of nitrogens with zero attached hydrogens (tertiary/aromatic N) is 1. The van der Waals surface area contributed by atoms with Gasteiger partial charge >= 0.3 is 0 Å². The first-order valence-corrected chi connectivity index (χ1v) is 8.18. The molecule has 1 aromatic heterocycles. The largest absolute Gasteiger partial charge is 0.342 e. The van der Waals surface area contributed by atoms with Crippen LogP contribution in [0.3, 0.4) is 0 Å². The van der Waals surface area contributed by atoms with Gasteiger partial charge in [-0.1, -0.05) is 12.8 Å². The zero-order chi connectivity index (χ0) is 14.2. The van der Waals surface area contributed by atoms with E-state index >= 15 is 0 Å². The molecule has 1 saturated heterocycles. The predicted molar refractivity (Wildman–Crippen MR) is 78.3 cm³/mol. The molecule has 1 spiro atoms. The van der Waals surface area contributed by atoms with Gasteiger partial charge in [0.15, 0.2) is 0 Å². The van der Waals surface area contributed by atoms with E-state index in [1.54, 1.807) is 11.3 Å². The molecule has 2 heterocycles. The van der Waals surface area contributed by atoms with Crippen molar-refractivity contribution < 1.29 is 9.59 Å². The molecule has 0 radical (unpaired) electrons. The summed E-state index contributed by atoms with van der Waals surface area (Å²) in [5.74, 6) is 0.125. The standard InChI is InChI=1S/C15H20N2O2S/c1-11-8-13(18)16-15(5-2-3-6-15)14(19)17(11)9-12-4-7-20-10-12/h4,7,10-11H,2-3,5-6,8-9H2,1H3,(H,16,18). The topological polar surface area (TPSA) is 49.4 Å². The number of carbonyl (C=O) groups is 2. The predicted octanol–water partition coefficient (Wildman–Crippen LogP) is 2.30. The Morgan fingerprint density at radius 1 is 1.40 bits per heavy atom. The van der Waals surface area contributed by atoms with E-state index in [0.29, 0.717) is 13.0 Å². The normalized spacial score (nSPS) is 25.9. The Bertz CT molecular complexity index is 506. The van der Waals surface area contributed by atoms with Crippen molar-refractivity contribution in [3.8, 4) is 0 Å². The van der Waals surface area contributed by atoms with E-state index in [1.807, 2.05) is 23.3 Å². The summed E-state index contributed by atoms with van der Waals surface area (Å²) in [5, 5.41) is 7.11. The zero-order valence-corrected chi connectivity index (χ0v) is 12.5. The molecule has 1 saturated carbocycles. The molecular formula is C15H20N2O2S. The van der Waals surface area contributed by atoms with E-state index in [9.17, 15) is 9.59 Å². The van der Waals surface area contributed by atoms with Crippen molar-refractivity contribution in [3.05, 3.63) is 22.4 Å². The molecule has 1 atom stereocenters. The van der Waals surface area contributed by atoms with Crippen LogP contribution in [0.4, 0.5) is 0 Å². The van der Waals surface area contributed by atoms with Gasteiger partial charge in [0.05, 0.1) is 0 Å². The molecule has 4 nitrogen and oxygen atoms in total. The molecule has 1 aliphatic carbocycles. The highest BCUT2D eigenvalue weighted by Crippen LogP contribution is 2.34. The van der Waals surface area contributed by atoms with Gasteiger partial charge < -0.3 is 10.2 Å². The van der Waals surface area contributed by atoms with E-state index in [1.165, 1.54) is 0 Å². The quantitative estimate of drug-likeness (QED) is 0.909. The molecule has 1 aromatic rings. The monoisotopic (exact) mass is 292 g/mol. The molecule has 1 aliphatic heterocycles. The molecule has 1 unspecified atom stereocenters. The molecule has 2 amide bonds. The molecule has 5 heteroatoms. The Balaban J connectivity index is 1.89. The highest BCUT2D eigenvalue weighted by molar-refractivity contribution is 7.07. The van der Waals surface area contributed by atoms with E-state index in [2.05, 4.69) is 10.7 Å². The van der Waals surface area contributed by atoms with Crippen LogP contribution in [0.25, 0.3) is 0 Å². The van der Waals surface area contributed by atoms with Crippen LogP contribution in [0, 0.1) is 0 Å². The highest BCUT2D eigenvalue weighted by Gasteiger charge is 2.47. The number of hydrogen-bond donors (Lipinski definition) is 1. The molecule has 0 bridgehead atoms. The molecule has 2 aliphatic rings. The van der Waals surface area contributed by atoms with Crippen LogP contribution in [-0.2, 0) is 16.1 Å². The fourth-order valence-electron chi connectivity index (χ4n) is 3.35. The highest BCUT2D eigenvalue weighted by atomic mass is 32.1. The van der Waals surface area contributed by atoms with Crippen molar-refractivity contribution in [1.29, 1.82) is 0 Å². The first-order valence-electron chi connectivity index (χ1n) is 7.24. The maximum Gasteiger partial charge on any atom is 0.248 e. The molecule has 20 heavy (non-hydrogen) atoms. The second-order valence-corrected chi connectivity index (χ2v) is 6.74. The van der Waals surface area contributed by atoms with Gasteiger partial charge in [-0.2, -0.15) is 11.3 Å². The van der Waals surface area contributed by atoms with E-state index in [4.69, 9.17) is 0 Å². The molecule has 3 rings (SSSR count). The van der Waals surface area contributed by atoms with E-state index in [-0.39, 0.29) is 17.9 Å². The Kier molecular flexibility index (Phi) is 3.54. The maximum absolute atomic E-state index is 13.0. The third-order valence-corrected chi connectivity index (χ3v) is 5.18. The molecule has 108 valence electrons. The SMILES string of the molecule is CC1CC(=O)NC2(CCCC2)C(=O)N1Cc1ccsc1. The number of amides is 2. The summed E-state index contributed by atoms with van der Waals surface area (Å²) < 4.78 is 0. The number of carbonyl (C=O) groups excluding carboxylic acids is 2. The van der Waals surface area contributed by atoms with Crippen LogP contribution < -0.4 is 5.32 Å². The van der Waals surface area contributed by atoms with Crippen LogP contribution in [-0.4, -0.2) is 28.3 Å². The Morgan fingerprint density at radius 2 is 2.15 bits per heavy atom. The first-order chi connectivity index (χ1) is 9.61. The van der Waals surface area contributed by atoms with Crippen LogP contribution in [0.15, 0.2) is 16.8 Å². The van der Waals surface area contributed by atoms with Crippen molar-refractivity contribution in [2.24, 2.45) is 0 Å². The third-order valence-electron chi connectivity index (χ3n) is 4.45. The average Bonchev–Trinajstić information content (AvgIpc) is 3.04. The zero-order valence-electron chi connectivity index (χ0n) is 11.7. The minimum Gasteiger partial charge on any atom is -0.342 e. The Labute approximate surface area is 123 Å². The van der Waals surface area contributed by atoms with Gasteiger partial charge in [-0.3, -0.25) is 9.59 Å². The van der Waals surface area contributed by atoms with Crippen LogP contribution >= 0.6 is 11.3 Å². The molecular weight excluding hydrogens is 272 g/mol. The number of nitrogens with one attached hydrogen (secondary N) is 1. The van der Waals surface area contributed by atoms with Gasteiger partial charge in [0.25, 0.3) is 0 Å². The van der Waals surface area contributed by atoms with Crippen LogP contribution in [0.5, 0.6) is 0 Å². The second-order valence-electron chi connectivity index (χ2n) is 5.96. The summed E-state index contributed by atoms with van der Waals surface area (Å²) in [4.78, 5) is 26.9. The van der Waals surface area contributed by atoms with E-state index < -0.39 is 5.54 Å². The minimum absolute atomic E-state index is 0.0144. The van der Waals surface area contributed by atoms with Gasteiger partial charge in [0.1, 0.15) is 5.54 Å². The molecule has 2 fully saturated rings. The lowest BCUT2D eigenvalue weighted by molar-refractivity contribution is -0.140. The number of hydrogen-bond acceptors (Lipinski definition) is 3. The minimum atomic E-state index is -0.627. The van der Waals surface area contributed by atoms with Crippen molar-refractivity contribution in [2.75, 3.05) is 0 Å². The van der Waals surface area contributed by atoms with Gasteiger partial charge in [-0.05, 0) is 42.2 Å². The summed E-state index contributed by atoms with van der Waals surface area (Å²) in [6.07, 6.45) is 4.01. The van der Waals surface area contributed by atoms with Crippen molar-refractivity contribution in [3.63, 3.8) is 0 Å². The molecule has 1 N–H and O–H groups in total. The lowest BCUT2D eigenvalue weighted by atomic mass is 9.95. The fourth-order valence-corrected chi connectivity index (χ4v) is 4.01. The van der Waals surface area contributed by atoms with Gasteiger partial charge in [0, 0.05) is 19.0 Å². The van der Waals surface area contributed by atoms with Gasteiger partial charge in [-0.25, -0.2) is 0 Å². The third kappa shape index (κ3) is 2.35. The Hall–Kier alpha value is -1.36. The lowest BCUT2D eigenvalue weighted by Crippen LogP contribution is -2.55. The lowest BCUT2D eigenvalue weighted by Gasteiger charge is -2.34. The molecule has 0 aromatic carbocycles. The maximum atomic E-state index is 13.0. The fraction of sp³-hybridized carbons (Fsp3) is 0.600. The van der Waals surface area contributed by atoms with E-state index in [0.717, 1.165) is 31.2 Å². The summed E-state index contributed by atoms with van der Waals surface area (Å²) in [7, 11) is 0. The average molecular weight is 292 g/mol. The van der Waals surface area contributed by atoms with Gasteiger partial charge in [0.2, 0.25) is 11.8 Å². The van der Waals surface area contributed by atoms with Gasteiger partial charge in [-0.15, -0.1) is 0 Å². The number of thiophene rings is 1. The smallest absolute Gasteiger partial charge is 0.248 e. The Morgan fingerprint density at radius 3 is 2.80 bits per heavy atom. The second kappa shape index (κ2) is 5.20. The van der Waals surface area contributed by atoms with Crippen molar-refractivity contribution >= 4 is 23.2 Å². The van der Waals surface area contributed by atoms with Crippen LogP contribution in [0.2, 0.25) is 0 Å². The number of rotatable bonds is 2. The summed E-state index contributed by atoms with van der Waals surface area (Å²) >= 11 is 1.64. The van der Waals surface area contributed by atoms with Crippen molar-refractivity contribution in [1.82, 2.24) is 10.2 Å². The first kappa shape index (κ1) is 13.6. The summed E-state index contributed by atoms with van der Waals surface area (Å²) in [6, 6.07) is 2.01. The van der Waals surface area contributed by atoms with Crippen molar-refractivity contribution in [2.45, 2.75) is 57.2 Å².